The highest BCUT2D eigenvalue weighted by Crippen LogP contribution is 2.45. The molecule has 2 aromatic rings. The molecule has 1 aliphatic rings. The number of imide groups is 1. The number of fused-ring (bicyclic) bond motifs is 1. The number of ether oxygens (including phenoxy) is 1. The Labute approximate surface area is 226 Å². The first-order valence-corrected chi connectivity index (χ1v) is 12.3. The quantitative estimate of drug-likeness (QED) is 0.164. The van der Waals surface area contributed by atoms with E-state index >= 15 is 0 Å². The zero-order chi connectivity index (χ0) is 26.0. The smallest absolute Gasteiger partial charge is 0.329 e. The molecule has 2 aromatic carbocycles. The largest absolute Gasteiger partial charge is 0.454 e. The average Bonchev–Trinajstić information content (AvgIpc) is 3.08. The summed E-state index contributed by atoms with van der Waals surface area (Å²) in [4.78, 5) is 52.4. The highest BCUT2D eigenvalue weighted by Gasteiger charge is 2.47. The molecule has 0 fully saturated rings. The van der Waals surface area contributed by atoms with Gasteiger partial charge in [-0.1, -0.05) is 83.8 Å². The van der Waals surface area contributed by atoms with Crippen molar-refractivity contribution in [1.82, 2.24) is 4.90 Å². The first kappa shape index (κ1) is 27.6. The first-order valence-electron chi connectivity index (χ1n) is 10.5. The second-order valence-electron chi connectivity index (χ2n) is 7.76. The molecule has 0 aromatic heterocycles. The number of esters is 1. The van der Waals surface area contributed by atoms with E-state index in [1.807, 2.05) is 6.92 Å². The Hall–Kier alpha value is -2.03. The summed E-state index contributed by atoms with van der Waals surface area (Å²) in [5, 5.41) is 2.19. The molecule has 1 heterocycles. The topological polar surface area (TPSA) is 92.8 Å². The number of nitrogens with zero attached hydrogens (tertiary/aromatic N) is 1. The molecule has 0 aliphatic carbocycles. The van der Waals surface area contributed by atoms with Gasteiger partial charge in [-0.3, -0.25) is 19.3 Å². The summed E-state index contributed by atoms with van der Waals surface area (Å²) in [6.07, 6.45) is 1.26. The summed E-state index contributed by atoms with van der Waals surface area (Å²) in [5.74, 6) is -3.26. The van der Waals surface area contributed by atoms with Gasteiger partial charge in [0.1, 0.15) is 6.04 Å². The standard InChI is InChI=1S/C23H19Cl5N2O5/c1-3-4-5-13(23(34)35-9-14(31)29-12-8-11(24)7-6-10(12)2)30-21(32)15-16(22(30)33)18(26)20(28)19(27)17(15)25/h6-8,13H,3-5,9H2,1-2H3,(H,29,31)/t13-/m1/s1. The average molecular weight is 581 g/mol. The molecule has 0 spiro atoms. The number of hydrogen-bond acceptors (Lipinski definition) is 5. The minimum Gasteiger partial charge on any atom is -0.454 e. The number of rotatable bonds is 8. The lowest BCUT2D eigenvalue weighted by Crippen LogP contribution is -2.46. The third-order valence-corrected chi connectivity index (χ3v) is 7.40. The molecule has 1 atom stereocenters. The summed E-state index contributed by atoms with van der Waals surface area (Å²) in [7, 11) is 0. The number of aryl methyl sites for hydroxylation is 1. The number of benzene rings is 2. The van der Waals surface area contributed by atoms with Crippen LogP contribution in [0.2, 0.25) is 25.1 Å². The van der Waals surface area contributed by atoms with Gasteiger partial charge in [-0.05, 0) is 31.0 Å². The molecule has 0 unspecified atom stereocenters. The van der Waals surface area contributed by atoms with Crippen LogP contribution in [0, 0.1) is 6.92 Å². The van der Waals surface area contributed by atoms with Crippen molar-refractivity contribution in [1.29, 1.82) is 0 Å². The molecule has 0 saturated heterocycles. The molecule has 0 saturated carbocycles. The Kier molecular flexibility index (Phi) is 8.94. The normalized spacial score (nSPS) is 13.6. The van der Waals surface area contributed by atoms with Gasteiger partial charge >= 0.3 is 5.97 Å². The fourth-order valence-electron chi connectivity index (χ4n) is 3.55. The van der Waals surface area contributed by atoms with Crippen molar-refractivity contribution in [2.24, 2.45) is 0 Å². The Morgan fingerprint density at radius 2 is 1.54 bits per heavy atom. The van der Waals surface area contributed by atoms with E-state index in [0.29, 0.717) is 23.6 Å². The molecule has 3 amide bonds. The van der Waals surface area contributed by atoms with Crippen molar-refractivity contribution < 1.29 is 23.9 Å². The van der Waals surface area contributed by atoms with Crippen LogP contribution in [0.4, 0.5) is 5.69 Å². The van der Waals surface area contributed by atoms with E-state index in [4.69, 9.17) is 62.7 Å². The number of nitrogens with one attached hydrogen (secondary N) is 1. The van der Waals surface area contributed by atoms with Crippen molar-refractivity contribution in [3.8, 4) is 0 Å². The predicted octanol–water partition coefficient (Wildman–Crippen LogP) is 6.60. The molecular weight excluding hydrogens is 562 g/mol. The first-order chi connectivity index (χ1) is 16.5. The van der Waals surface area contributed by atoms with Gasteiger partial charge < -0.3 is 10.1 Å². The van der Waals surface area contributed by atoms with Crippen molar-refractivity contribution >= 4 is 87.4 Å². The van der Waals surface area contributed by atoms with Crippen LogP contribution in [0.15, 0.2) is 18.2 Å². The third-order valence-electron chi connectivity index (χ3n) is 5.37. The minimum atomic E-state index is -1.31. The lowest BCUT2D eigenvalue weighted by Gasteiger charge is -2.24. The molecule has 12 heteroatoms. The summed E-state index contributed by atoms with van der Waals surface area (Å²) in [6.45, 7) is 3.00. The van der Waals surface area contributed by atoms with E-state index in [2.05, 4.69) is 5.32 Å². The van der Waals surface area contributed by atoms with E-state index in [9.17, 15) is 19.2 Å². The zero-order valence-corrected chi connectivity index (χ0v) is 22.3. The molecule has 186 valence electrons. The van der Waals surface area contributed by atoms with Gasteiger partial charge in [-0.2, -0.15) is 0 Å². The zero-order valence-electron chi connectivity index (χ0n) is 18.5. The monoisotopic (exact) mass is 578 g/mol. The van der Waals surface area contributed by atoms with E-state index in [-0.39, 0.29) is 37.6 Å². The van der Waals surface area contributed by atoms with Crippen molar-refractivity contribution in [2.45, 2.75) is 39.2 Å². The summed E-state index contributed by atoms with van der Waals surface area (Å²) < 4.78 is 5.17. The maximum atomic E-state index is 13.2. The molecule has 1 N–H and O–H groups in total. The van der Waals surface area contributed by atoms with Crippen LogP contribution < -0.4 is 5.32 Å². The maximum absolute atomic E-state index is 13.2. The Morgan fingerprint density at radius 3 is 2.09 bits per heavy atom. The molecule has 1 aliphatic heterocycles. The molecule has 0 radical (unpaired) electrons. The summed E-state index contributed by atoms with van der Waals surface area (Å²) in [6, 6.07) is 3.64. The van der Waals surface area contributed by atoms with Crippen LogP contribution in [-0.4, -0.2) is 41.2 Å². The summed E-state index contributed by atoms with van der Waals surface area (Å²) >= 11 is 30.4. The fourth-order valence-corrected chi connectivity index (χ4v) is 4.73. The number of anilines is 1. The van der Waals surface area contributed by atoms with Gasteiger partial charge in [0.05, 0.1) is 31.2 Å². The molecule has 35 heavy (non-hydrogen) atoms. The van der Waals surface area contributed by atoms with Crippen LogP contribution in [-0.2, 0) is 14.3 Å². The number of unbranched alkanes of at least 4 members (excludes halogenated alkanes) is 1. The Morgan fingerprint density at radius 1 is 0.971 bits per heavy atom. The van der Waals surface area contributed by atoms with Crippen molar-refractivity contribution in [2.75, 3.05) is 11.9 Å². The van der Waals surface area contributed by atoms with Crippen LogP contribution in [0.25, 0.3) is 0 Å². The maximum Gasteiger partial charge on any atom is 0.329 e. The lowest BCUT2D eigenvalue weighted by molar-refractivity contribution is -0.151. The van der Waals surface area contributed by atoms with Gasteiger partial charge in [0.15, 0.2) is 6.61 Å². The molecular formula is C23H19Cl5N2O5. The SMILES string of the molecule is CCCC[C@H](C(=O)OCC(=O)Nc1cc(Cl)ccc1C)N1C(=O)c2c(Cl)c(Cl)c(Cl)c(Cl)c2C1=O. The van der Waals surface area contributed by atoms with Gasteiger partial charge in [0, 0.05) is 10.7 Å². The van der Waals surface area contributed by atoms with E-state index in [1.54, 1.807) is 25.1 Å². The molecule has 7 nitrogen and oxygen atoms in total. The number of amides is 3. The van der Waals surface area contributed by atoms with Crippen molar-refractivity contribution in [3.05, 3.63) is 60.0 Å². The molecule has 0 bridgehead atoms. The van der Waals surface area contributed by atoms with Crippen LogP contribution in [0.1, 0.15) is 52.5 Å². The van der Waals surface area contributed by atoms with Gasteiger partial charge in [0.25, 0.3) is 17.7 Å². The minimum absolute atomic E-state index is 0.104. The molecule has 3 rings (SSSR count). The van der Waals surface area contributed by atoms with Gasteiger partial charge in [-0.25, -0.2) is 4.79 Å². The highest BCUT2D eigenvalue weighted by molar-refractivity contribution is 6.55. The van der Waals surface area contributed by atoms with Crippen LogP contribution >= 0.6 is 58.0 Å². The second kappa shape index (κ2) is 11.4. The number of carbonyl (C=O) groups is 4. The summed E-state index contributed by atoms with van der Waals surface area (Å²) in [5.41, 5.74) is 0.741. The van der Waals surface area contributed by atoms with E-state index < -0.39 is 36.3 Å². The van der Waals surface area contributed by atoms with E-state index in [1.165, 1.54) is 0 Å². The highest BCUT2D eigenvalue weighted by atomic mass is 35.5. The number of halogens is 5. The second-order valence-corrected chi connectivity index (χ2v) is 9.71. The van der Waals surface area contributed by atoms with Crippen LogP contribution in [0.3, 0.4) is 0 Å². The van der Waals surface area contributed by atoms with Gasteiger partial charge in [0.2, 0.25) is 0 Å². The Bertz CT molecular complexity index is 1190. The van der Waals surface area contributed by atoms with Crippen LogP contribution in [0.5, 0.6) is 0 Å². The third kappa shape index (κ3) is 5.54. The number of carbonyl (C=O) groups excluding carboxylic acids is 4. The predicted molar refractivity (Wildman–Crippen MR) is 136 cm³/mol. The fraction of sp³-hybridized carbons (Fsp3) is 0.304. The van der Waals surface area contributed by atoms with Crippen molar-refractivity contribution in [3.63, 3.8) is 0 Å². The lowest BCUT2D eigenvalue weighted by atomic mass is 10.1. The van der Waals surface area contributed by atoms with E-state index in [0.717, 1.165) is 10.5 Å². The Balaban J connectivity index is 1.81. The van der Waals surface area contributed by atoms with Gasteiger partial charge in [-0.15, -0.1) is 0 Å². The number of hydrogen-bond donors (Lipinski definition) is 1.